The van der Waals surface area contributed by atoms with Crippen LogP contribution in [-0.2, 0) is 0 Å². The predicted molar refractivity (Wildman–Crippen MR) is 587 cm³/mol. The minimum Gasteiger partial charge on any atom is -0.292 e. The maximum absolute atomic E-state index is 4.99. The lowest BCUT2D eigenvalue weighted by molar-refractivity contribution is 1.10. The Labute approximate surface area is 815 Å². The van der Waals surface area contributed by atoms with E-state index in [1.165, 1.54) is 148 Å². The molecule has 0 aliphatic heterocycles. The summed E-state index contributed by atoms with van der Waals surface area (Å²) in [5.41, 5.74) is 33.8. The maximum Gasteiger partial charge on any atom is 0.178 e. The van der Waals surface area contributed by atoms with Gasteiger partial charge in [0.2, 0.25) is 0 Å². The third-order valence-corrected chi connectivity index (χ3v) is 27.3. The van der Waals surface area contributed by atoms with Crippen LogP contribution in [0.15, 0.2) is 528 Å². The van der Waals surface area contributed by atoms with Gasteiger partial charge in [-0.3, -0.25) is 23.7 Å². The normalized spacial score (nSPS) is 11.4. The van der Waals surface area contributed by atoms with Gasteiger partial charge in [0.15, 0.2) is 5.65 Å². The Balaban J connectivity index is 0.000000111. The number of pyridine rings is 3. The highest BCUT2D eigenvalue weighted by Crippen LogP contribution is 2.50. The topological polar surface area (TPSA) is 92.1 Å². The predicted octanol–water partition coefficient (Wildman–Crippen LogP) is 34.2. The van der Waals surface area contributed by atoms with Gasteiger partial charge in [0, 0.05) is 52.3 Å². The highest BCUT2D eigenvalue weighted by atomic mass is 15.1. The van der Waals surface area contributed by atoms with E-state index < -0.39 is 0 Å². The number of nitrogens with zero attached hydrogens (tertiary/aromatic N) is 9. The number of imidazole rings is 3. The largest absolute Gasteiger partial charge is 0.292 e. The fraction of sp³-hybridized carbons (Fsp3) is 0. The second-order valence-electron chi connectivity index (χ2n) is 35.5. The molecule has 27 rings (SSSR count). The molecule has 0 saturated heterocycles. The number of fused-ring (bicyclic) bond motifs is 9. The Kier molecular flexibility index (Phi) is 21.8. The molecule has 660 valence electrons. The molecule has 0 radical (unpaired) electrons. The first-order chi connectivity index (χ1) is 70.0. The van der Waals surface area contributed by atoms with Gasteiger partial charge in [-0.15, -0.1) is 0 Å². The number of aromatic nitrogens is 9. The van der Waals surface area contributed by atoms with Crippen LogP contribution in [0.2, 0.25) is 0 Å². The molecular formula is C132H87N9. The molecular weight excluding hydrogens is 1710 g/mol. The molecule has 21 aromatic carbocycles. The molecule has 9 heteroatoms. The van der Waals surface area contributed by atoms with Gasteiger partial charge in [0.25, 0.3) is 0 Å². The Morgan fingerprint density at radius 1 is 0.149 bits per heavy atom. The van der Waals surface area contributed by atoms with Gasteiger partial charge in [0.05, 0.1) is 34.5 Å². The second kappa shape index (κ2) is 36.7. The van der Waals surface area contributed by atoms with Crippen LogP contribution in [0.4, 0.5) is 0 Å². The van der Waals surface area contributed by atoms with Crippen molar-refractivity contribution in [2.75, 3.05) is 0 Å². The number of benzene rings is 21. The van der Waals surface area contributed by atoms with Crippen LogP contribution in [0.3, 0.4) is 0 Å². The average Bonchev–Trinajstić information content (AvgIpc) is 1.59. The SMILES string of the molecule is c1ccc(-c2c3ccccc3c(-c3ccccc3)c3cc(-c4ccc(-n5c(-c6ccccc6)nc6ccncc65)cc4)ccc23)cc1.c1ccc(-c2c3ccccc3c(-c3ccccc3)c3cc(-c4ccc(-n5c(-c6ccccc6)nc6cnccc65)cc4)ccc23)cc1.c1ccc(-c2c3ccccc3c(-c3ccccc3)c3cc(-c4ccc(-n5c(-c6ccccc6)nc6ncccc65)cc4)ccc23)cc1. The molecule has 0 saturated carbocycles. The van der Waals surface area contributed by atoms with Gasteiger partial charge < -0.3 is 0 Å². The zero-order valence-corrected chi connectivity index (χ0v) is 76.8. The van der Waals surface area contributed by atoms with E-state index in [0.717, 1.165) is 101 Å². The molecule has 0 aliphatic rings. The van der Waals surface area contributed by atoms with E-state index in [4.69, 9.17) is 15.0 Å². The number of hydrogen-bond donors (Lipinski definition) is 0. The minimum absolute atomic E-state index is 0.736. The zero-order valence-electron chi connectivity index (χ0n) is 76.8. The molecule has 27 aromatic rings. The average molecular weight is 1800 g/mol. The van der Waals surface area contributed by atoms with Gasteiger partial charge in [-0.05, 0) is 244 Å². The van der Waals surface area contributed by atoms with Crippen LogP contribution in [0, 0.1) is 0 Å². The third-order valence-electron chi connectivity index (χ3n) is 27.3. The van der Waals surface area contributed by atoms with Crippen LogP contribution in [0.1, 0.15) is 0 Å². The number of hydrogen-bond acceptors (Lipinski definition) is 6. The smallest absolute Gasteiger partial charge is 0.178 e. The van der Waals surface area contributed by atoms with Gasteiger partial charge in [-0.25, -0.2) is 19.9 Å². The minimum atomic E-state index is 0.736. The first-order valence-electron chi connectivity index (χ1n) is 47.8. The first-order valence-corrected chi connectivity index (χ1v) is 47.8. The Morgan fingerprint density at radius 3 is 0.738 bits per heavy atom. The zero-order chi connectivity index (χ0) is 93.5. The van der Waals surface area contributed by atoms with Crippen molar-refractivity contribution in [1.29, 1.82) is 0 Å². The molecule has 0 fully saturated rings. The summed E-state index contributed by atoms with van der Waals surface area (Å²) in [4.78, 5) is 28.2. The van der Waals surface area contributed by atoms with Crippen molar-refractivity contribution >= 4 is 97.9 Å². The summed E-state index contributed by atoms with van der Waals surface area (Å²) in [6.07, 6.45) is 9.16. The molecule has 0 bridgehead atoms. The van der Waals surface area contributed by atoms with Crippen molar-refractivity contribution in [3.8, 4) is 151 Å². The van der Waals surface area contributed by atoms with Crippen LogP contribution in [0.5, 0.6) is 0 Å². The fourth-order valence-electron chi connectivity index (χ4n) is 20.9. The highest BCUT2D eigenvalue weighted by molar-refractivity contribution is 6.25. The van der Waals surface area contributed by atoms with E-state index in [0.29, 0.717) is 0 Å². The maximum atomic E-state index is 4.99. The van der Waals surface area contributed by atoms with Crippen molar-refractivity contribution in [2.45, 2.75) is 0 Å². The van der Waals surface area contributed by atoms with Crippen LogP contribution in [0.25, 0.3) is 249 Å². The summed E-state index contributed by atoms with van der Waals surface area (Å²) in [6.45, 7) is 0. The quantitative estimate of drug-likeness (QED) is 0.0950. The van der Waals surface area contributed by atoms with E-state index in [-0.39, 0.29) is 0 Å². The lowest BCUT2D eigenvalue weighted by Crippen LogP contribution is -1.97. The Hall–Kier alpha value is -19.0. The van der Waals surface area contributed by atoms with Crippen LogP contribution in [-0.4, -0.2) is 43.6 Å². The lowest BCUT2D eigenvalue weighted by atomic mass is 9.85. The lowest BCUT2D eigenvalue weighted by Gasteiger charge is -2.19. The standard InChI is InChI=1S/3C44H29N3/c1-4-13-31(14-5-1)41-36-19-10-11-20-37(36)42(32-15-6-2-7-16-32)39-29-34(24-27-38(39)41)30-22-25-35(26-23-30)47-40-21-12-28-45-43(40)46-44(47)33-17-8-3-9-18-33;1-4-12-31(13-5-1)42-36-18-10-11-19-37(36)43(32-14-6-2-7-15-32)39-28-34(22-25-38(39)42)30-20-23-35(24-21-30)47-41-26-27-45-29-40(41)46-44(47)33-16-8-3-9-17-33;1-4-12-31(13-5-1)42-36-18-10-11-19-37(36)43(32-14-6-2-7-15-32)39-28-34(22-25-38(39)42)30-20-23-35(24-21-30)47-41-29-45-27-26-40(41)46-44(47)33-16-8-3-9-17-33/h3*1-29H. The van der Waals surface area contributed by atoms with Crippen LogP contribution < -0.4 is 0 Å². The van der Waals surface area contributed by atoms with Crippen molar-refractivity contribution in [3.63, 3.8) is 0 Å². The number of rotatable bonds is 15. The molecule has 0 amide bonds. The molecule has 9 nitrogen and oxygen atoms in total. The molecule has 6 heterocycles. The van der Waals surface area contributed by atoms with Gasteiger partial charge in [-0.1, -0.05) is 419 Å². The third kappa shape index (κ3) is 15.6. The fourth-order valence-corrected chi connectivity index (χ4v) is 20.9. The summed E-state index contributed by atoms with van der Waals surface area (Å²) in [6, 6.07) is 177. The molecule has 141 heavy (non-hydrogen) atoms. The molecule has 0 aliphatic carbocycles. The Bertz CT molecular complexity index is 8460. The van der Waals surface area contributed by atoms with E-state index in [2.05, 4.69) is 478 Å². The van der Waals surface area contributed by atoms with Crippen LogP contribution >= 0.6 is 0 Å². The molecule has 0 atom stereocenters. The second-order valence-corrected chi connectivity index (χ2v) is 35.5. The van der Waals surface area contributed by atoms with E-state index in [9.17, 15) is 0 Å². The van der Waals surface area contributed by atoms with Gasteiger partial charge in [-0.2, -0.15) is 0 Å². The van der Waals surface area contributed by atoms with Gasteiger partial charge >= 0.3 is 0 Å². The summed E-state index contributed by atoms with van der Waals surface area (Å²) in [7, 11) is 0. The molecule has 0 N–H and O–H groups in total. The molecule has 0 unspecified atom stereocenters. The van der Waals surface area contributed by atoms with E-state index in [1.807, 2.05) is 67.1 Å². The first kappa shape index (κ1) is 83.8. The Morgan fingerprint density at radius 2 is 0.404 bits per heavy atom. The summed E-state index contributed by atoms with van der Waals surface area (Å²) in [5.74, 6) is 2.69. The van der Waals surface area contributed by atoms with Gasteiger partial charge in [0.1, 0.15) is 23.0 Å². The molecule has 6 aromatic heterocycles. The van der Waals surface area contributed by atoms with Crippen molar-refractivity contribution < 1.29 is 0 Å². The van der Waals surface area contributed by atoms with E-state index in [1.54, 1.807) is 12.4 Å². The monoisotopic (exact) mass is 1800 g/mol. The highest BCUT2D eigenvalue weighted by Gasteiger charge is 2.25. The van der Waals surface area contributed by atoms with Crippen molar-refractivity contribution in [2.24, 2.45) is 0 Å². The molecule has 0 spiro atoms. The van der Waals surface area contributed by atoms with Crippen molar-refractivity contribution in [3.05, 3.63) is 528 Å². The van der Waals surface area contributed by atoms with Crippen molar-refractivity contribution in [1.82, 2.24) is 43.6 Å². The summed E-state index contributed by atoms with van der Waals surface area (Å²) < 4.78 is 6.63. The van der Waals surface area contributed by atoms with E-state index >= 15 is 0 Å². The summed E-state index contributed by atoms with van der Waals surface area (Å²) in [5, 5.41) is 15.0. The summed E-state index contributed by atoms with van der Waals surface area (Å²) >= 11 is 0.